The highest BCUT2D eigenvalue weighted by molar-refractivity contribution is 6.08. The van der Waals surface area contributed by atoms with Crippen molar-refractivity contribution in [2.45, 2.75) is 13.8 Å². The summed E-state index contributed by atoms with van der Waals surface area (Å²) >= 11 is 0. The van der Waals surface area contributed by atoms with Crippen LogP contribution in [0, 0.1) is 13.8 Å². The smallest absolute Gasteiger partial charge is 0.158 e. The van der Waals surface area contributed by atoms with Crippen LogP contribution in [0.4, 0.5) is 11.6 Å². The Balaban J connectivity index is 1.91. The second-order valence-electron chi connectivity index (χ2n) is 5.43. The standard InChI is InChI=1S/C17H15N5/c1-10-7-11(2)19-15(8-10)21-17-16-13(9-18-22-16)12-5-3-4-6-14(12)20-17/h3-9H,1-2H3,(H,18,22)(H,19,20,21). The van der Waals surface area contributed by atoms with Gasteiger partial charge in [-0.15, -0.1) is 0 Å². The Morgan fingerprint density at radius 1 is 1.00 bits per heavy atom. The monoisotopic (exact) mass is 289 g/mol. The Morgan fingerprint density at radius 3 is 2.73 bits per heavy atom. The molecule has 22 heavy (non-hydrogen) atoms. The van der Waals surface area contributed by atoms with E-state index in [0.29, 0.717) is 0 Å². The zero-order chi connectivity index (χ0) is 15.1. The van der Waals surface area contributed by atoms with E-state index in [1.807, 2.05) is 43.5 Å². The van der Waals surface area contributed by atoms with Gasteiger partial charge in [0.1, 0.15) is 11.3 Å². The first-order chi connectivity index (χ1) is 10.7. The molecule has 0 fully saturated rings. The van der Waals surface area contributed by atoms with Crippen LogP contribution in [0.15, 0.2) is 42.6 Å². The van der Waals surface area contributed by atoms with Crippen LogP contribution in [-0.2, 0) is 0 Å². The topological polar surface area (TPSA) is 66.5 Å². The molecule has 4 aromatic rings. The highest BCUT2D eigenvalue weighted by atomic mass is 15.1. The number of rotatable bonds is 2. The van der Waals surface area contributed by atoms with Gasteiger partial charge in [-0.05, 0) is 37.6 Å². The minimum Gasteiger partial charge on any atom is -0.323 e. The molecule has 0 saturated heterocycles. The number of H-pyrrole nitrogens is 1. The van der Waals surface area contributed by atoms with E-state index in [4.69, 9.17) is 4.98 Å². The summed E-state index contributed by atoms with van der Waals surface area (Å²) in [7, 11) is 0. The predicted molar refractivity (Wildman–Crippen MR) is 88.4 cm³/mol. The highest BCUT2D eigenvalue weighted by Gasteiger charge is 2.10. The molecule has 0 aliphatic heterocycles. The van der Waals surface area contributed by atoms with Crippen molar-refractivity contribution >= 4 is 33.4 Å². The van der Waals surface area contributed by atoms with Crippen LogP contribution in [0.25, 0.3) is 21.8 Å². The van der Waals surface area contributed by atoms with Crippen molar-refractivity contribution in [1.82, 2.24) is 20.2 Å². The molecule has 0 aliphatic carbocycles. The Labute approximate surface area is 127 Å². The van der Waals surface area contributed by atoms with Gasteiger partial charge in [0, 0.05) is 16.5 Å². The van der Waals surface area contributed by atoms with Gasteiger partial charge in [0.2, 0.25) is 0 Å². The third-order valence-corrected chi connectivity index (χ3v) is 3.65. The fraction of sp³-hybridized carbons (Fsp3) is 0.118. The summed E-state index contributed by atoms with van der Waals surface area (Å²) in [5, 5.41) is 12.6. The molecule has 1 aromatic carbocycles. The van der Waals surface area contributed by atoms with E-state index >= 15 is 0 Å². The molecule has 2 N–H and O–H groups in total. The number of pyridine rings is 2. The van der Waals surface area contributed by atoms with Crippen LogP contribution in [0.2, 0.25) is 0 Å². The zero-order valence-corrected chi connectivity index (χ0v) is 12.4. The van der Waals surface area contributed by atoms with E-state index in [1.54, 1.807) is 0 Å². The van der Waals surface area contributed by atoms with Crippen molar-refractivity contribution in [2.75, 3.05) is 5.32 Å². The molecule has 3 aromatic heterocycles. The number of benzene rings is 1. The number of nitrogens with one attached hydrogen (secondary N) is 2. The number of fused-ring (bicyclic) bond motifs is 3. The largest absolute Gasteiger partial charge is 0.323 e. The van der Waals surface area contributed by atoms with Gasteiger partial charge in [0.25, 0.3) is 0 Å². The summed E-state index contributed by atoms with van der Waals surface area (Å²) in [6.45, 7) is 4.04. The van der Waals surface area contributed by atoms with E-state index in [9.17, 15) is 0 Å². The number of hydrogen-bond donors (Lipinski definition) is 2. The average molecular weight is 289 g/mol. The maximum atomic E-state index is 4.71. The number of hydrogen-bond acceptors (Lipinski definition) is 4. The summed E-state index contributed by atoms with van der Waals surface area (Å²) in [6, 6.07) is 12.1. The first-order valence-corrected chi connectivity index (χ1v) is 7.15. The molecule has 0 aliphatic rings. The number of aromatic nitrogens is 4. The van der Waals surface area contributed by atoms with Crippen LogP contribution >= 0.6 is 0 Å². The number of nitrogens with zero attached hydrogens (tertiary/aromatic N) is 3. The van der Waals surface area contributed by atoms with Crippen LogP contribution in [0.1, 0.15) is 11.3 Å². The van der Waals surface area contributed by atoms with Crippen molar-refractivity contribution < 1.29 is 0 Å². The average Bonchev–Trinajstić information content (AvgIpc) is 2.96. The lowest BCUT2D eigenvalue weighted by Gasteiger charge is -2.09. The Kier molecular flexibility index (Phi) is 2.79. The molecule has 5 heteroatoms. The zero-order valence-electron chi connectivity index (χ0n) is 12.4. The number of aryl methyl sites for hydroxylation is 2. The maximum absolute atomic E-state index is 4.71. The number of para-hydroxylation sites is 1. The third-order valence-electron chi connectivity index (χ3n) is 3.65. The molecule has 3 heterocycles. The number of aromatic amines is 1. The molecule has 0 unspecified atom stereocenters. The SMILES string of the molecule is Cc1cc(C)nc(Nc2nc3ccccc3c3cn[nH]c23)c1. The third kappa shape index (κ3) is 2.07. The van der Waals surface area contributed by atoms with Crippen LogP contribution in [0.3, 0.4) is 0 Å². The normalized spacial score (nSPS) is 11.2. The minimum absolute atomic E-state index is 0.740. The maximum Gasteiger partial charge on any atom is 0.158 e. The van der Waals surface area contributed by atoms with Crippen molar-refractivity contribution in [3.8, 4) is 0 Å². The molecule has 0 saturated carbocycles. The van der Waals surface area contributed by atoms with Gasteiger partial charge in [-0.3, -0.25) is 5.10 Å². The summed E-state index contributed by atoms with van der Waals surface area (Å²) in [4.78, 5) is 9.22. The molecule has 108 valence electrons. The fourth-order valence-electron chi connectivity index (χ4n) is 2.76. The number of anilines is 2. The lowest BCUT2D eigenvalue weighted by Crippen LogP contribution is -1.99. The van der Waals surface area contributed by atoms with Crippen molar-refractivity contribution in [3.63, 3.8) is 0 Å². The van der Waals surface area contributed by atoms with Gasteiger partial charge < -0.3 is 5.32 Å². The molecular weight excluding hydrogens is 274 g/mol. The lowest BCUT2D eigenvalue weighted by atomic mass is 10.1. The molecule has 0 atom stereocenters. The van der Waals surface area contributed by atoms with Crippen LogP contribution in [-0.4, -0.2) is 20.2 Å². The van der Waals surface area contributed by atoms with Gasteiger partial charge in [-0.2, -0.15) is 5.10 Å². The van der Waals surface area contributed by atoms with Gasteiger partial charge in [-0.1, -0.05) is 18.2 Å². The molecule has 0 radical (unpaired) electrons. The summed E-state index contributed by atoms with van der Waals surface area (Å²) < 4.78 is 0. The Hall–Kier alpha value is -2.95. The molecule has 4 rings (SSSR count). The molecular formula is C17H15N5. The second kappa shape index (κ2) is 4.80. The molecule has 0 bridgehead atoms. The Bertz CT molecular complexity index is 967. The van der Waals surface area contributed by atoms with E-state index in [1.165, 1.54) is 0 Å². The van der Waals surface area contributed by atoms with E-state index < -0.39 is 0 Å². The molecule has 0 spiro atoms. The van der Waals surface area contributed by atoms with E-state index in [0.717, 1.165) is 44.7 Å². The molecule has 0 amide bonds. The predicted octanol–water partition coefficient (Wildman–Crippen LogP) is 3.87. The summed E-state index contributed by atoms with van der Waals surface area (Å²) in [5.74, 6) is 1.53. The quantitative estimate of drug-likeness (QED) is 0.588. The van der Waals surface area contributed by atoms with Gasteiger partial charge in [0.05, 0.1) is 11.7 Å². The van der Waals surface area contributed by atoms with Crippen LogP contribution in [0.5, 0.6) is 0 Å². The van der Waals surface area contributed by atoms with Gasteiger partial charge in [-0.25, -0.2) is 9.97 Å². The fourth-order valence-corrected chi connectivity index (χ4v) is 2.76. The minimum atomic E-state index is 0.740. The van der Waals surface area contributed by atoms with Crippen molar-refractivity contribution in [3.05, 3.63) is 53.9 Å². The lowest BCUT2D eigenvalue weighted by molar-refractivity contribution is 1.11. The van der Waals surface area contributed by atoms with Crippen LogP contribution < -0.4 is 5.32 Å². The van der Waals surface area contributed by atoms with Gasteiger partial charge >= 0.3 is 0 Å². The first-order valence-electron chi connectivity index (χ1n) is 7.15. The highest BCUT2D eigenvalue weighted by Crippen LogP contribution is 2.29. The molecule has 5 nitrogen and oxygen atoms in total. The van der Waals surface area contributed by atoms with Crippen molar-refractivity contribution in [2.24, 2.45) is 0 Å². The Morgan fingerprint density at radius 2 is 1.86 bits per heavy atom. The van der Waals surface area contributed by atoms with Crippen molar-refractivity contribution in [1.29, 1.82) is 0 Å². The summed E-state index contributed by atoms with van der Waals surface area (Å²) in [6.07, 6.45) is 1.83. The van der Waals surface area contributed by atoms with E-state index in [-0.39, 0.29) is 0 Å². The second-order valence-corrected chi connectivity index (χ2v) is 5.43. The summed E-state index contributed by atoms with van der Waals surface area (Å²) in [5.41, 5.74) is 3.96. The van der Waals surface area contributed by atoms with Gasteiger partial charge in [0.15, 0.2) is 5.82 Å². The first kappa shape index (κ1) is 12.8. The van der Waals surface area contributed by atoms with E-state index in [2.05, 4.69) is 33.5 Å².